The molecular formula is C23H24N6O2. The number of amides is 1. The lowest BCUT2D eigenvalue weighted by molar-refractivity contribution is 0.0952. The van der Waals surface area contributed by atoms with E-state index in [0.29, 0.717) is 46.0 Å². The summed E-state index contributed by atoms with van der Waals surface area (Å²) < 4.78 is 0. The van der Waals surface area contributed by atoms with E-state index in [-0.39, 0.29) is 17.2 Å². The zero-order valence-corrected chi connectivity index (χ0v) is 17.0. The maximum atomic E-state index is 12.6. The van der Waals surface area contributed by atoms with Crippen LogP contribution in [-0.2, 0) is 0 Å². The predicted octanol–water partition coefficient (Wildman–Crippen LogP) is 2.53. The summed E-state index contributed by atoms with van der Waals surface area (Å²) in [5, 5.41) is 7.10. The molecule has 0 bridgehead atoms. The molecule has 1 saturated heterocycles. The molecule has 158 valence electrons. The second-order valence-corrected chi connectivity index (χ2v) is 7.94. The van der Waals surface area contributed by atoms with Crippen molar-refractivity contribution in [3.8, 4) is 11.4 Å². The quantitative estimate of drug-likeness (QED) is 0.341. The Kier molecular flexibility index (Phi) is 4.91. The Hall–Kier alpha value is -3.65. The Morgan fingerprint density at radius 3 is 2.87 bits per heavy atom. The van der Waals surface area contributed by atoms with Gasteiger partial charge in [-0.2, -0.15) is 0 Å². The van der Waals surface area contributed by atoms with Crippen LogP contribution in [-0.4, -0.2) is 40.0 Å². The van der Waals surface area contributed by atoms with Gasteiger partial charge in [-0.15, -0.1) is 0 Å². The number of hydrogen-bond donors (Lipinski definition) is 5. The van der Waals surface area contributed by atoms with Crippen LogP contribution in [0.1, 0.15) is 29.6 Å². The van der Waals surface area contributed by atoms with Gasteiger partial charge in [0.25, 0.3) is 11.5 Å². The number of carbonyl (C=O) groups excluding carboxylic acids is 1. The van der Waals surface area contributed by atoms with E-state index in [1.165, 1.54) is 6.42 Å². The number of aromatic amines is 2. The molecule has 2 aromatic carbocycles. The van der Waals surface area contributed by atoms with Gasteiger partial charge in [-0.1, -0.05) is 12.1 Å². The Labute approximate surface area is 178 Å². The number of anilines is 1. The number of benzene rings is 2. The van der Waals surface area contributed by atoms with Crippen molar-refractivity contribution in [3.63, 3.8) is 0 Å². The summed E-state index contributed by atoms with van der Waals surface area (Å²) in [5.41, 5.74) is 9.73. The Balaban J connectivity index is 1.43. The number of nitrogens with one attached hydrogen (secondary N) is 4. The van der Waals surface area contributed by atoms with E-state index >= 15 is 0 Å². The minimum absolute atomic E-state index is 0.135. The Morgan fingerprint density at radius 2 is 2.03 bits per heavy atom. The largest absolute Gasteiger partial charge is 0.396 e. The van der Waals surface area contributed by atoms with Gasteiger partial charge < -0.3 is 26.3 Å². The van der Waals surface area contributed by atoms with E-state index in [1.807, 2.05) is 18.2 Å². The molecule has 0 radical (unpaired) electrons. The monoisotopic (exact) mass is 416 g/mol. The van der Waals surface area contributed by atoms with Crippen molar-refractivity contribution in [2.45, 2.75) is 25.3 Å². The van der Waals surface area contributed by atoms with Crippen LogP contribution in [0, 0.1) is 0 Å². The average molecular weight is 416 g/mol. The lowest BCUT2D eigenvalue weighted by atomic mass is 10.1. The lowest BCUT2D eigenvalue weighted by Crippen LogP contribution is -2.30. The number of nitrogens with two attached hydrogens (primary N) is 1. The molecule has 0 saturated carbocycles. The van der Waals surface area contributed by atoms with Gasteiger partial charge >= 0.3 is 0 Å². The molecule has 8 nitrogen and oxygen atoms in total. The first-order chi connectivity index (χ1) is 15.1. The summed E-state index contributed by atoms with van der Waals surface area (Å²) >= 11 is 0. The number of hydrogen-bond acceptors (Lipinski definition) is 5. The summed E-state index contributed by atoms with van der Waals surface area (Å²) in [6.07, 6.45) is 3.27. The fourth-order valence-electron chi connectivity index (χ4n) is 4.20. The molecule has 0 spiro atoms. The molecule has 5 rings (SSSR count). The maximum Gasteiger partial charge on any atom is 0.276 e. The van der Waals surface area contributed by atoms with Crippen molar-refractivity contribution in [2.24, 2.45) is 0 Å². The van der Waals surface area contributed by atoms with Gasteiger partial charge in [-0.25, -0.2) is 4.98 Å². The number of carbonyl (C=O) groups is 1. The van der Waals surface area contributed by atoms with E-state index < -0.39 is 0 Å². The fraction of sp³-hybridized carbons (Fsp3) is 0.261. The summed E-state index contributed by atoms with van der Waals surface area (Å²) in [6.45, 7) is 1.68. The van der Waals surface area contributed by atoms with Crippen LogP contribution in [0.4, 0.5) is 5.69 Å². The number of nitrogen functional groups attached to an aromatic ring is 1. The molecule has 1 atom stereocenters. The molecule has 1 aliphatic heterocycles. The molecule has 1 fully saturated rings. The number of H-pyrrole nitrogens is 2. The van der Waals surface area contributed by atoms with Crippen molar-refractivity contribution < 1.29 is 4.79 Å². The van der Waals surface area contributed by atoms with E-state index in [2.05, 4.69) is 25.6 Å². The summed E-state index contributed by atoms with van der Waals surface area (Å²) in [5.74, 6) is -0.135. The molecule has 8 heteroatoms. The zero-order valence-electron chi connectivity index (χ0n) is 17.0. The van der Waals surface area contributed by atoms with Gasteiger partial charge in [0.15, 0.2) is 5.69 Å². The van der Waals surface area contributed by atoms with Crippen LogP contribution in [0.3, 0.4) is 0 Å². The van der Waals surface area contributed by atoms with Crippen molar-refractivity contribution in [1.29, 1.82) is 0 Å². The van der Waals surface area contributed by atoms with E-state index in [0.717, 1.165) is 24.9 Å². The molecule has 0 aliphatic carbocycles. The van der Waals surface area contributed by atoms with Gasteiger partial charge in [0.05, 0.1) is 22.4 Å². The predicted molar refractivity (Wildman–Crippen MR) is 122 cm³/mol. The summed E-state index contributed by atoms with van der Waals surface area (Å²) in [6, 6.07) is 13.1. The summed E-state index contributed by atoms with van der Waals surface area (Å²) in [7, 11) is 0. The van der Waals surface area contributed by atoms with Crippen LogP contribution < -0.4 is 21.9 Å². The molecular weight excluding hydrogens is 392 g/mol. The first-order valence-corrected chi connectivity index (χ1v) is 10.5. The highest BCUT2D eigenvalue weighted by atomic mass is 16.1. The SMILES string of the molecule is Nc1c(-c2nc3ccccc3[nH]c2=O)[nH]c2ccc(C(=O)NCCC3CCCN3)cc12. The molecule has 6 N–H and O–H groups in total. The highest BCUT2D eigenvalue weighted by molar-refractivity contribution is 6.04. The lowest BCUT2D eigenvalue weighted by Gasteiger charge is -2.10. The number of rotatable bonds is 5. The zero-order chi connectivity index (χ0) is 21.4. The topological polar surface area (TPSA) is 129 Å². The highest BCUT2D eigenvalue weighted by Crippen LogP contribution is 2.31. The minimum Gasteiger partial charge on any atom is -0.396 e. The molecule has 3 heterocycles. The van der Waals surface area contributed by atoms with Gasteiger partial charge in [-0.3, -0.25) is 9.59 Å². The number of para-hydroxylation sites is 2. The second kappa shape index (κ2) is 7.88. The van der Waals surface area contributed by atoms with Gasteiger partial charge in [-0.05, 0) is 56.1 Å². The fourth-order valence-corrected chi connectivity index (χ4v) is 4.20. The van der Waals surface area contributed by atoms with E-state index in [4.69, 9.17) is 5.73 Å². The van der Waals surface area contributed by atoms with Gasteiger partial charge in [0, 0.05) is 29.1 Å². The van der Waals surface area contributed by atoms with Crippen LogP contribution >= 0.6 is 0 Å². The highest BCUT2D eigenvalue weighted by Gasteiger charge is 2.18. The number of aromatic nitrogens is 3. The van der Waals surface area contributed by atoms with Gasteiger partial charge in [0.2, 0.25) is 0 Å². The second-order valence-electron chi connectivity index (χ2n) is 7.94. The van der Waals surface area contributed by atoms with Crippen LogP contribution in [0.15, 0.2) is 47.3 Å². The van der Waals surface area contributed by atoms with Crippen molar-refractivity contribution >= 4 is 33.5 Å². The minimum atomic E-state index is -0.324. The average Bonchev–Trinajstić information content (AvgIpc) is 3.41. The molecule has 31 heavy (non-hydrogen) atoms. The normalized spacial score (nSPS) is 16.2. The third-order valence-electron chi connectivity index (χ3n) is 5.88. The molecule has 4 aromatic rings. The van der Waals surface area contributed by atoms with Crippen LogP contribution in [0.5, 0.6) is 0 Å². The van der Waals surface area contributed by atoms with Crippen molar-refractivity contribution in [3.05, 3.63) is 58.4 Å². The first-order valence-electron chi connectivity index (χ1n) is 10.5. The molecule has 1 unspecified atom stereocenters. The first kappa shape index (κ1) is 19.3. The Bertz CT molecular complexity index is 1330. The molecule has 2 aromatic heterocycles. The number of nitrogens with zero attached hydrogens (tertiary/aromatic N) is 1. The maximum absolute atomic E-state index is 12.6. The number of fused-ring (bicyclic) bond motifs is 2. The third-order valence-corrected chi connectivity index (χ3v) is 5.88. The van der Waals surface area contributed by atoms with Crippen molar-refractivity contribution in [2.75, 3.05) is 18.8 Å². The summed E-state index contributed by atoms with van der Waals surface area (Å²) in [4.78, 5) is 35.7. The smallest absolute Gasteiger partial charge is 0.276 e. The third kappa shape index (κ3) is 3.66. The van der Waals surface area contributed by atoms with E-state index in [9.17, 15) is 9.59 Å². The van der Waals surface area contributed by atoms with Crippen LogP contribution in [0.2, 0.25) is 0 Å². The van der Waals surface area contributed by atoms with Crippen molar-refractivity contribution in [1.82, 2.24) is 25.6 Å². The van der Waals surface area contributed by atoms with Crippen LogP contribution in [0.25, 0.3) is 33.3 Å². The standard InChI is InChI=1S/C23H24N6O2/c24-19-15-12-13(22(30)26-11-9-14-4-3-10-25-14)7-8-16(15)27-20(19)21-23(31)29-18-6-2-1-5-17(18)28-21/h1-2,5-8,12,14,25,27H,3-4,9-11,24H2,(H,26,30)(H,29,31). The molecule has 1 aliphatic rings. The van der Waals surface area contributed by atoms with Gasteiger partial charge in [0.1, 0.15) is 0 Å². The van der Waals surface area contributed by atoms with E-state index in [1.54, 1.807) is 24.3 Å². The Morgan fingerprint density at radius 1 is 1.16 bits per heavy atom. The molecule has 1 amide bonds.